The van der Waals surface area contributed by atoms with Gasteiger partial charge in [0.05, 0.1) is 0 Å². The van der Waals surface area contributed by atoms with Crippen LogP contribution in [-0.2, 0) is 50.8 Å². The number of hydrogen-bond acceptors (Lipinski definition) is 7. The van der Waals surface area contributed by atoms with Crippen LogP contribution in [0.4, 0.5) is 250 Å². The van der Waals surface area contributed by atoms with E-state index in [-0.39, 0.29) is 0 Å². The molecule has 3 rings (SSSR count). The third-order valence-corrected chi connectivity index (χ3v) is 16.0. The van der Waals surface area contributed by atoms with Gasteiger partial charge in [0.15, 0.2) is 7.14 Å². The molecule has 0 amide bonds. The first kappa shape index (κ1) is 97.9. The van der Waals surface area contributed by atoms with E-state index in [9.17, 15) is 171 Å². The third kappa shape index (κ3) is 15.5. The van der Waals surface area contributed by atoms with Crippen LogP contribution < -0.4 is 15.9 Å². The van der Waals surface area contributed by atoms with E-state index < -0.39 is 275 Å². The van der Waals surface area contributed by atoms with Crippen molar-refractivity contribution < 1.29 is 283 Å². The number of halogens is 57. The average molecular weight is 1780 g/mol. The maximum absolute atomic E-state index is 16.3. The zero-order valence-electron chi connectivity index (χ0n) is 48.3. The maximum Gasteiger partial charge on any atom is 0.462 e. The minimum atomic E-state index is -9.24. The van der Waals surface area contributed by atoms with Crippen molar-refractivity contribution >= 4 is 23.1 Å². The fourth-order valence-corrected chi connectivity index (χ4v) is 10.1. The lowest BCUT2D eigenvalue weighted by Gasteiger charge is -2.42. The van der Waals surface area contributed by atoms with Crippen LogP contribution >= 0.6 is 7.14 Å². The van der Waals surface area contributed by atoms with Crippen LogP contribution in [0.5, 0.6) is 0 Å². The van der Waals surface area contributed by atoms with Crippen LogP contribution in [0.1, 0.15) is 16.7 Å². The van der Waals surface area contributed by atoms with E-state index in [0.29, 0.717) is 0 Å². The third-order valence-electron chi connectivity index (χ3n) is 13.0. The van der Waals surface area contributed by atoms with Crippen LogP contribution in [0.15, 0.2) is 72.8 Å². The van der Waals surface area contributed by atoms with Crippen molar-refractivity contribution in [3.63, 3.8) is 0 Å². The largest absolute Gasteiger partial charge is 0.462 e. The molecule has 0 radical (unpaired) electrons. The van der Waals surface area contributed by atoms with E-state index in [4.69, 9.17) is 0 Å². The number of benzene rings is 3. The molecule has 0 saturated heterocycles. The Balaban J connectivity index is 2.80. The predicted octanol–water partition coefficient (Wildman–Crippen LogP) is 21.2. The average Bonchev–Trinajstić information content (AvgIpc) is 0.716. The first-order valence-electron chi connectivity index (χ1n) is 24.8. The first-order chi connectivity index (χ1) is 47.4. The molecular formula is C45H12F57O7P. The standard InChI is InChI=1S/C45H12F57O7P/c46-19(47,25(58,34(73,74)75)104-43(97,98)28(61,37(82,83)84)107-40(91,92)22(52,53)31(64,65)66)13-4-1-7-16(10-13)110(103,17-8-2-5-14(11-17)20(48,49)26(59,35(76,77)78)105-44(99,100)29(62,38(85,86)87)108-41(93,94)23(54,55)32(67,68)69)18-9-3-6-15(12-18)21(50,51)27(60,36(79,80)81)106-45(101,102)30(63,39(88,89)90)109-42(95,96)24(56,57)33(70,71)72/h1-12H. The molecule has 638 valence electrons. The van der Waals surface area contributed by atoms with E-state index in [2.05, 4.69) is 0 Å². The molecule has 0 aliphatic heterocycles. The summed E-state index contributed by atoms with van der Waals surface area (Å²) in [5, 5.41) is -9.43. The molecule has 0 aliphatic carbocycles. The monoisotopic (exact) mass is 1780 g/mol. The lowest BCUT2D eigenvalue weighted by atomic mass is 10.00. The number of alkyl halides is 57. The molecule has 0 bridgehead atoms. The number of ether oxygens (including phenoxy) is 6. The highest BCUT2D eigenvalue weighted by Gasteiger charge is 2.91. The molecule has 0 aromatic heterocycles. The molecule has 65 heteroatoms. The van der Waals surface area contributed by atoms with Gasteiger partial charge in [0.2, 0.25) is 0 Å². The smallest absolute Gasteiger partial charge is 0.309 e. The summed E-state index contributed by atoms with van der Waals surface area (Å²) in [6.07, 6.45) is -132. The Morgan fingerprint density at radius 2 is 0.336 bits per heavy atom. The topological polar surface area (TPSA) is 72.5 Å². The van der Waals surface area contributed by atoms with Gasteiger partial charge in [-0.3, -0.25) is 28.4 Å². The van der Waals surface area contributed by atoms with Crippen molar-refractivity contribution in [3.05, 3.63) is 89.5 Å². The normalized spacial score (nSPS) is 19.4. The molecule has 3 aromatic rings. The summed E-state index contributed by atoms with van der Waals surface area (Å²) in [4.78, 5) is 0. The van der Waals surface area contributed by atoms with Crippen LogP contribution in [0.3, 0.4) is 0 Å². The van der Waals surface area contributed by atoms with Crippen molar-refractivity contribution in [1.82, 2.24) is 0 Å². The lowest BCUT2D eigenvalue weighted by molar-refractivity contribution is -0.562. The minimum Gasteiger partial charge on any atom is -0.309 e. The number of hydrogen-bond donors (Lipinski definition) is 0. The first-order valence-corrected chi connectivity index (χ1v) is 26.5. The predicted molar refractivity (Wildman–Crippen MR) is 226 cm³/mol. The fraction of sp³-hybridized carbons (Fsp3) is 0.600. The molecule has 0 fully saturated rings. The fourth-order valence-electron chi connectivity index (χ4n) is 7.39. The van der Waals surface area contributed by atoms with E-state index in [1.807, 2.05) is 0 Å². The van der Waals surface area contributed by atoms with Crippen LogP contribution in [0, 0.1) is 0 Å². The molecular weight excluding hydrogens is 1770 g/mol. The molecule has 0 saturated carbocycles. The van der Waals surface area contributed by atoms with Crippen molar-refractivity contribution in [2.24, 2.45) is 0 Å². The van der Waals surface area contributed by atoms with Gasteiger partial charge < -0.3 is 4.57 Å². The number of rotatable bonds is 27. The van der Waals surface area contributed by atoms with E-state index >= 15 is 83.6 Å². The minimum absolute atomic E-state index is 0.963. The van der Waals surface area contributed by atoms with Gasteiger partial charge in [-0.05, 0) is 18.2 Å². The van der Waals surface area contributed by atoms with Gasteiger partial charge in [-0.25, -0.2) is 0 Å². The van der Waals surface area contributed by atoms with Crippen molar-refractivity contribution in [1.29, 1.82) is 0 Å². The highest BCUT2D eigenvalue weighted by Crippen LogP contribution is 2.66. The second kappa shape index (κ2) is 27.2. The van der Waals surface area contributed by atoms with E-state index in [0.717, 1.165) is 14.2 Å². The summed E-state index contributed by atoms with van der Waals surface area (Å²) in [6, 6.07) is -15.9. The van der Waals surface area contributed by atoms with Crippen LogP contribution in [0.2, 0.25) is 0 Å². The second-order valence-corrected chi connectivity index (χ2v) is 23.2. The van der Waals surface area contributed by atoms with Gasteiger partial charge in [-0.1, -0.05) is 54.6 Å². The Bertz CT molecular complexity index is 3430. The molecule has 3 aromatic carbocycles. The molecule has 0 spiro atoms. The van der Waals surface area contributed by atoms with Gasteiger partial charge in [0.1, 0.15) is 0 Å². The Morgan fingerprint density at radius 1 is 0.191 bits per heavy atom. The van der Waals surface area contributed by atoms with Crippen molar-refractivity contribution in [2.75, 3.05) is 0 Å². The van der Waals surface area contributed by atoms with Crippen LogP contribution in [-0.4, -0.2) is 145 Å². The van der Waals surface area contributed by atoms with Gasteiger partial charge in [-0.15, -0.1) is 0 Å². The molecule has 6 unspecified atom stereocenters. The molecule has 110 heavy (non-hydrogen) atoms. The summed E-state index contributed by atoms with van der Waals surface area (Å²) in [5.74, 6) is -105. The zero-order valence-corrected chi connectivity index (χ0v) is 49.2. The maximum atomic E-state index is 16.3. The van der Waals surface area contributed by atoms with E-state index in [1.165, 1.54) is 14.2 Å². The van der Waals surface area contributed by atoms with Gasteiger partial charge in [-0.2, -0.15) is 250 Å². The SMILES string of the molecule is O=P(c1cccc(C(F)(F)C(F)(OC(F)(F)C(F)(OC(F)(F)C(F)(F)C(F)(F)F)C(F)(F)F)C(F)(F)F)c1)(c1cccc(C(F)(F)C(F)(OC(F)(F)C(F)(OC(F)(F)C(F)(F)C(F)(F)F)C(F)(F)F)C(F)(F)F)c1)c1cccc(C(F)(F)C(F)(OC(F)(F)C(F)(OC(F)(F)C(F)(F)C(F)(F)F)C(F)(F)F)C(F)(F)F)c1. The van der Waals surface area contributed by atoms with Crippen molar-refractivity contribution in [3.8, 4) is 0 Å². The summed E-state index contributed by atoms with van der Waals surface area (Å²) in [6.45, 7) is 0. The Morgan fingerprint density at radius 3 is 0.473 bits per heavy atom. The highest BCUT2D eigenvalue weighted by atomic mass is 31.2. The van der Waals surface area contributed by atoms with Gasteiger partial charge >= 0.3 is 163 Å². The van der Waals surface area contributed by atoms with Crippen molar-refractivity contribution in [2.45, 2.75) is 163 Å². The molecule has 6 atom stereocenters. The second-order valence-electron chi connectivity index (χ2n) is 20.5. The Kier molecular flexibility index (Phi) is 24.2. The lowest BCUT2D eigenvalue weighted by Crippen LogP contribution is -2.69. The molecule has 7 nitrogen and oxygen atoms in total. The molecule has 0 aliphatic rings. The summed E-state index contributed by atoms with van der Waals surface area (Å²) in [5.41, 5.74) is -12.1. The zero-order chi connectivity index (χ0) is 88.2. The molecule has 0 N–H and O–H groups in total. The summed E-state index contributed by atoms with van der Waals surface area (Å²) < 4.78 is 835. The van der Waals surface area contributed by atoms with E-state index in [1.54, 1.807) is 0 Å². The van der Waals surface area contributed by atoms with Crippen LogP contribution in [0.25, 0.3) is 0 Å². The Hall–Kier alpha value is -6.34. The Labute approximate surface area is 559 Å². The molecule has 0 heterocycles. The summed E-state index contributed by atoms with van der Waals surface area (Å²) in [7, 11) is -7.98. The van der Waals surface area contributed by atoms with Gasteiger partial charge in [0, 0.05) is 32.6 Å². The van der Waals surface area contributed by atoms with Gasteiger partial charge in [0.25, 0.3) is 0 Å². The quantitative estimate of drug-likeness (QED) is 0.0556. The highest BCUT2D eigenvalue weighted by molar-refractivity contribution is 7.85. The summed E-state index contributed by atoms with van der Waals surface area (Å²) >= 11 is 0.